The number of carbonyl (C=O) groups is 3. The summed E-state index contributed by atoms with van der Waals surface area (Å²) < 4.78 is 13.3. The molecule has 11 N–H and O–H groups in total. The number of nitrogens with zero attached hydrogens (tertiary/aromatic N) is 1. The van der Waals surface area contributed by atoms with Crippen molar-refractivity contribution in [1.82, 2.24) is 4.98 Å². The number of halogens is 1. The molecule has 1 saturated carbocycles. The molecule has 4 atom stereocenters. The van der Waals surface area contributed by atoms with Gasteiger partial charge in [-0.05, 0) is 54.7 Å². The number of aromatic nitrogens is 1. The van der Waals surface area contributed by atoms with Crippen LogP contribution in [0.2, 0.25) is 0 Å². The van der Waals surface area contributed by atoms with Gasteiger partial charge in [0.15, 0.2) is 16.5 Å². The first-order chi connectivity index (χ1) is 21.3. The van der Waals surface area contributed by atoms with Crippen molar-refractivity contribution in [3.8, 4) is 17.0 Å². The second-order valence-electron chi connectivity index (χ2n) is 10.8. The predicted molar refractivity (Wildman–Crippen MR) is 172 cm³/mol. The summed E-state index contributed by atoms with van der Waals surface area (Å²) in [6.45, 7) is 4.02. The van der Waals surface area contributed by atoms with E-state index in [1.165, 1.54) is 29.5 Å². The Morgan fingerprint density at radius 1 is 1.17 bits per heavy atom. The monoisotopic (exact) mass is 653 g/mol. The van der Waals surface area contributed by atoms with Crippen molar-refractivity contribution in [1.29, 1.82) is 0 Å². The van der Waals surface area contributed by atoms with Gasteiger partial charge in [-0.3, -0.25) is 14.4 Å². The number of nitrogens with two attached hydrogens (primary N) is 3. The Balaban J connectivity index is 0.00000157. The molecule has 2 unspecified atom stereocenters. The second kappa shape index (κ2) is 12.5. The summed E-state index contributed by atoms with van der Waals surface area (Å²) in [5.41, 5.74) is 15.6. The van der Waals surface area contributed by atoms with E-state index < -0.39 is 58.0 Å². The van der Waals surface area contributed by atoms with Gasteiger partial charge in [-0.25, -0.2) is 9.37 Å². The SMILES string of the molecule is C.CC.NC(=O)C1=C(O)[C@@]2(O)C(=O)C3=C(O)c4c(O)c(CNc5nc(-c6ccc(F)cc6)cs5)cc(N)c4CC3C[C@H]2C(N)C1=O. The van der Waals surface area contributed by atoms with Crippen LogP contribution in [0.25, 0.3) is 17.0 Å². The average molecular weight is 654 g/mol. The number of Topliss-reactive ketones (excluding diaryl/α,β-unsaturated/α-hetero) is 2. The third kappa shape index (κ3) is 5.17. The van der Waals surface area contributed by atoms with E-state index in [0.29, 0.717) is 22.0 Å². The van der Waals surface area contributed by atoms with Crippen molar-refractivity contribution in [3.05, 3.63) is 75.1 Å². The summed E-state index contributed by atoms with van der Waals surface area (Å²) in [6, 6.07) is 5.86. The number of hydrogen-bond acceptors (Lipinski definition) is 12. The molecule has 0 aliphatic heterocycles. The van der Waals surface area contributed by atoms with Gasteiger partial charge in [-0.15, -0.1) is 11.3 Å². The highest BCUT2D eigenvalue weighted by atomic mass is 32.1. The lowest BCUT2D eigenvalue weighted by Gasteiger charge is -2.48. The molecule has 14 heteroatoms. The number of phenolic OH excluding ortho intramolecular Hbond substituents is 1. The lowest BCUT2D eigenvalue weighted by molar-refractivity contribution is -0.149. The maximum Gasteiger partial charge on any atom is 0.255 e. The number of amides is 1. The summed E-state index contributed by atoms with van der Waals surface area (Å²) in [5.74, 6) is -8.20. The van der Waals surface area contributed by atoms with E-state index in [1.807, 2.05) is 13.8 Å². The molecule has 1 amide bonds. The van der Waals surface area contributed by atoms with E-state index in [4.69, 9.17) is 17.2 Å². The zero-order valence-electron chi connectivity index (χ0n) is 24.3. The Hall–Kier alpha value is -4.79. The fraction of sp³-hybridized carbons (Fsp3) is 0.312. The van der Waals surface area contributed by atoms with Gasteiger partial charge in [0.2, 0.25) is 5.78 Å². The zero-order valence-corrected chi connectivity index (χ0v) is 25.1. The average Bonchev–Trinajstić information content (AvgIpc) is 3.49. The molecule has 1 fully saturated rings. The predicted octanol–water partition coefficient (Wildman–Crippen LogP) is 3.48. The van der Waals surface area contributed by atoms with Crippen LogP contribution in [0.3, 0.4) is 0 Å². The molecular formula is C32H36FN5O7S. The van der Waals surface area contributed by atoms with E-state index in [9.17, 15) is 39.2 Å². The van der Waals surface area contributed by atoms with Crippen LogP contribution < -0.4 is 22.5 Å². The van der Waals surface area contributed by atoms with Gasteiger partial charge < -0.3 is 42.9 Å². The van der Waals surface area contributed by atoms with Gasteiger partial charge >= 0.3 is 0 Å². The minimum absolute atomic E-state index is 0. The van der Waals surface area contributed by atoms with Crippen LogP contribution in [0.1, 0.15) is 44.4 Å². The maximum absolute atomic E-state index is 13.8. The summed E-state index contributed by atoms with van der Waals surface area (Å²) in [7, 11) is 0. The summed E-state index contributed by atoms with van der Waals surface area (Å²) in [6.07, 6.45) is -0.0598. The summed E-state index contributed by atoms with van der Waals surface area (Å²) in [4.78, 5) is 42.8. The van der Waals surface area contributed by atoms with Crippen LogP contribution in [0.4, 0.5) is 15.2 Å². The van der Waals surface area contributed by atoms with Crippen LogP contribution >= 0.6 is 11.3 Å². The van der Waals surface area contributed by atoms with Gasteiger partial charge in [-0.1, -0.05) is 21.3 Å². The number of aliphatic hydroxyl groups excluding tert-OH is 2. The quantitative estimate of drug-likeness (QED) is 0.113. The maximum atomic E-state index is 13.8. The Labute approximate surface area is 268 Å². The van der Waals surface area contributed by atoms with E-state index in [-0.39, 0.29) is 60.8 Å². The first-order valence-electron chi connectivity index (χ1n) is 14.2. The van der Waals surface area contributed by atoms with Crippen molar-refractivity contribution in [2.24, 2.45) is 23.3 Å². The number of primary amides is 1. The molecule has 3 aliphatic rings. The van der Waals surface area contributed by atoms with Crippen LogP contribution in [0.5, 0.6) is 5.75 Å². The molecule has 1 aromatic heterocycles. The van der Waals surface area contributed by atoms with E-state index in [0.717, 1.165) is 0 Å². The number of nitrogen functional groups attached to an aromatic ring is 1. The number of aliphatic hydroxyl groups is 3. The van der Waals surface area contributed by atoms with Crippen LogP contribution in [-0.2, 0) is 27.3 Å². The number of aromatic hydroxyl groups is 1. The number of nitrogens with one attached hydrogen (secondary N) is 1. The first kappa shape index (κ1) is 34.1. The van der Waals surface area contributed by atoms with Gasteiger partial charge in [-0.2, -0.15) is 0 Å². The number of ketones is 2. The van der Waals surface area contributed by atoms with Gasteiger partial charge in [0.1, 0.15) is 28.7 Å². The normalized spacial score (nSPS) is 23.4. The standard InChI is InChI=1S/C29H26FN5O7S.C2H6.CH4/c30-13-3-1-10(2-4-13)17-9-43-28(35-17)34-8-12-7-16(31)14-5-11-6-15-21(32)24(38)20(27(33)41)26(40)29(15,42)25(39)18(11)23(37)19(14)22(12)36;1-2;/h1-4,7,9,11,15,21,36-37,40,42H,5-6,8,31-32H2,(H2,33,41)(H,34,35);1-2H3;1H4/t11?,15-,21?,29-;;/m0../s1. The summed E-state index contributed by atoms with van der Waals surface area (Å²) in [5, 5.41) is 50.2. The second-order valence-corrected chi connectivity index (χ2v) is 11.7. The number of carbonyl (C=O) groups excluding carboxylic acids is 3. The van der Waals surface area contributed by atoms with Crippen molar-refractivity contribution < 1.29 is 39.2 Å². The number of hydrogen-bond donors (Lipinski definition) is 8. The lowest BCUT2D eigenvalue weighted by Crippen LogP contribution is -2.65. The van der Waals surface area contributed by atoms with Gasteiger partial charge in [0.25, 0.3) is 5.91 Å². The third-order valence-electron chi connectivity index (χ3n) is 8.44. The molecule has 0 bridgehead atoms. The van der Waals surface area contributed by atoms with Crippen LogP contribution in [0.15, 0.2) is 52.6 Å². The molecule has 0 radical (unpaired) electrons. The van der Waals surface area contributed by atoms with Crippen molar-refractivity contribution in [3.63, 3.8) is 0 Å². The Morgan fingerprint density at radius 2 is 1.83 bits per heavy atom. The van der Waals surface area contributed by atoms with Crippen molar-refractivity contribution in [2.75, 3.05) is 11.1 Å². The molecule has 6 rings (SSSR count). The van der Waals surface area contributed by atoms with Crippen LogP contribution in [-0.4, -0.2) is 54.5 Å². The molecule has 12 nitrogen and oxygen atoms in total. The zero-order chi connectivity index (χ0) is 33.0. The number of rotatable bonds is 5. The molecule has 3 aromatic rings. The fourth-order valence-electron chi connectivity index (χ4n) is 6.29. The molecule has 0 saturated heterocycles. The van der Waals surface area contributed by atoms with E-state index >= 15 is 0 Å². The highest BCUT2D eigenvalue weighted by molar-refractivity contribution is 7.14. The highest BCUT2D eigenvalue weighted by Crippen LogP contribution is 2.52. The molecule has 46 heavy (non-hydrogen) atoms. The van der Waals surface area contributed by atoms with Gasteiger partial charge in [0.05, 0.1) is 17.3 Å². The smallest absolute Gasteiger partial charge is 0.255 e. The first-order valence-corrected chi connectivity index (χ1v) is 15.0. The Morgan fingerprint density at radius 3 is 2.46 bits per heavy atom. The minimum Gasteiger partial charge on any atom is -0.508 e. The molecular weight excluding hydrogens is 617 g/mol. The molecule has 2 aromatic carbocycles. The third-order valence-corrected chi connectivity index (χ3v) is 9.24. The number of fused-ring (bicyclic) bond motifs is 3. The molecule has 3 aliphatic carbocycles. The lowest BCUT2D eigenvalue weighted by atomic mass is 9.58. The topological polar surface area (TPSA) is 235 Å². The minimum atomic E-state index is -2.79. The van der Waals surface area contributed by atoms with Crippen molar-refractivity contribution >= 4 is 45.4 Å². The highest BCUT2D eigenvalue weighted by Gasteiger charge is 2.63. The van der Waals surface area contributed by atoms with Gasteiger partial charge in [0, 0.05) is 40.2 Å². The van der Waals surface area contributed by atoms with E-state index in [2.05, 4.69) is 10.3 Å². The Kier molecular flexibility index (Phi) is 9.29. The summed E-state index contributed by atoms with van der Waals surface area (Å²) >= 11 is 1.28. The number of anilines is 2. The molecule has 244 valence electrons. The fourth-order valence-corrected chi connectivity index (χ4v) is 7.00. The molecule has 1 heterocycles. The molecule has 0 spiro atoms. The van der Waals surface area contributed by atoms with Crippen LogP contribution in [0, 0.1) is 17.7 Å². The number of phenols is 1. The number of thiazole rings is 1. The Bertz CT molecular complexity index is 1800. The largest absolute Gasteiger partial charge is 0.508 e. The van der Waals surface area contributed by atoms with Crippen molar-refractivity contribution in [2.45, 2.75) is 52.3 Å². The van der Waals surface area contributed by atoms with E-state index in [1.54, 1.807) is 17.5 Å². The number of benzene rings is 2.